The van der Waals surface area contributed by atoms with Gasteiger partial charge in [0.25, 0.3) is 11.5 Å². The van der Waals surface area contributed by atoms with Crippen LogP contribution < -0.4 is 5.56 Å². The van der Waals surface area contributed by atoms with Gasteiger partial charge in [-0.15, -0.1) is 0 Å². The summed E-state index contributed by atoms with van der Waals surface area (Å²) in [6, 6.07) is 9.35. The van der Waals surface area contributed by atoms with E-state index in [1.165, 1.54) is 4.68 Å². The fourth-order valence-electron chi connectivity index (χ4n) is 3.83. The zero-order valence-electron chi connectivity index (χ0n) is 16.5. The Balaban J connectivity index is 1.82. The van der Waals surface area contributed by atoms with Crippen LogP contribution in [0.25, 0.3) is 16.9 Å². The van der Waals surface area contributed by atoms with Crippen molar-refractivity contribution in [1.29, 1.82) is 0 Å². The van der Waals surface area contributed by atoms with Gasteiger partial charge >= 0.3 is 0 Å². The summed E-state index contributed by atoms with van der Waals surface area (Å²) in [6.45, 7) is 6.57. The Morgan fingerprint density at radius 2 is 1.86 bits per heavy atom. The minimum Gasteiger partial charge on any atom is -0.353 e. The Labute approximate surface area is 164 Å². The molecule has 1 aromatic rings. The molecule has 0 unspecified atom stereocenters. The molecule has 1 saturated heterocycles. The monoisotopic (exact) mass is 378 g/mol. The van der Waals surface area contributed by atoms with E-state index in [1.807, 2.05) is 52.2 Å². The zero-order chi connectivity index (χ0) is 19.7. The first-order chi connectivity index (χ1) is 13.6. The molecule has 0 aliphatic carbocycles. The fraction of sp³-hybridized carbons (Fsp3) is 0.409. The summed E-state index contributed by atoms with van der Waals surface area (Å²) in [5, 5.41) is 4.56. The molecule has 4 rings (SSSR count). The molecular weight excluding hydrogens is 352 g/mol. The number of hydrogen-bond donors (Lipinski definition) is 0. The second kappa shape index (κ2) is 7.62. The highest BCUT2D eigenvalue weighted by Gasteiger charge is 2.28. The number of benzene rings is 1. The lowest BCUT2D eigenvalue weighted by molar-refractivity contribution is 0.0696. The molecule has 146 valence electrons. The number of piperidine rings is 1. The number of nitrogens with zero attached hydrogens (tertiary/aromatic N) is 4. The molecule has 1 fully saturated rings. The lowest BCUT2D eigenvalue weighted by Gasteiger charge is -2.30. The quantitative estimate of drug-likeness (QED) is 0.699. The van der Waals surface area contributed by atoms with Crippen molar-refractivity contribution in [3.8, 4) is 16.9 Å². The van der Waals surface area contributed by atoms with Crippen molar-refractivity contribution in [1.82, 2.24) is 19.2 Å². The molecule has 3 aliphatic heterocycles. The third kappa shape index (κ3) is 3.35. The van der Waals surface area contributed by atoms with E-state index >= 15 is 0 Å². The van der Waals surface area contributed by atoms with Crippen LogP contribution >= 0.6 is 0 Å². The van der Waals surface area contributed by atoms with E-state index in [0.29, 0.717) is 28.4 Å². The van der Waals surface area contributed by atoms with Crippen LogP contribution in [0.3, 0.4) is 0 Å². The van der Waals surface area contributed by atoms with Crippen molar-refractivity contribution in [2.45, 2.75) is 39.7 Å². The first-order valence-corrected chi connectivity index (χ1v) is 10.1. The molecule has 0 bridgehead atoms. The number of carbonyl (C=O) groups is 1. The van der Waals surface area contributed by atoms with Crippen molar-refractivity contribution in [3.63, 3.8) is 0 Å². The highest BCUT2D eigenvalue weighted by Crippen LogP contribution is 2.26. The first-order valence-electron chi connectivity index (χ1n) is 10.1. The second-order valence-corrected chi connectivity index (χ2v) is 7.70. The van der Waals surface area contributed by atoms with Crippen LogP contribution in [0.2, 0.25) is 0 Å². The van der Waals surface area contributed by atoms with Crippen molar-refractivity contribution in [2.75, 3.05) is 13.1 Å². The normalized spacial score (nSPS) is 15.3. The van der Waals surface area contributed by atoms with E-state index in [-0.39, 0.29) is 11.5 Å². The van der Waals surface area contributed by atoms with Gasteiger partial charge in [-0.25, -0.2) is 0 Å². The van der Waals surface area contributed by atoms with Crippen molar-refractivity contribution in [2.24, 2.45) is 5.92 Å². The fourth-order valence-corrected chi connectivity index (χ4v) is 3.83. The highest BCUT2D eigenvalue weighted by molar-refractivity contribution is 6.00. The lowest BCUT2D eigenvalue weighted by Crippen LogP contribution is -2.38. The number of aromatic nitrogens is 3. The molecule has 0 atom stereocenters. The average Bonchev–Trinajstić information content (AvgIpc) is 3.05. The van der Waals surface area contributed by atoms with E-state index in [0.717, 1.165) is 38.9 Å². The SMILES string of the molecule is CCCn1cc(C(=O)N2CCC(C)CC2)c2nn(-c3ccccc3)c(=O)c-2c1. The number of fused-ring (bicyclic) bond motifs is 1. The van der Waals surface area contributed by atoms with Gasteiger partial charge in [-0.3, -0.25) is 9.59 Å². The van der Waals surface area contributed by atoms with Gasteiger partial charge in [-0.2, -0.15) is 9.78 Å². The number of hydrogen-bond acceptors (Lipinski definition) is 3. The van der Waals surface area contributed by atoms with Crippen LogP contribution in [0.4, 0.5) is 0 Å². The van der Waals surface area contributed by atoms with Crippen molar-refractivity contribution >= 4 is 5.91 Å². The maximum atomic E-state index is 13.3. The van der Waals surface area contributed by atoms with Gasteiger partial charge in [0, 0.05) is 32.0 Å². The Kier molecular flexibility index (Phi) is 5.03. The Hall–Kier alpha value is -2.89. The number of amides is 1. The molecule has 6 heteroatoms. The minimum atomic E-state index is -0.187. The Morgan fingerprint density at radius 1 is 1.14 bits per heavy atom. The molecule has 6 nitrogen and oxygen atoms in total. The third-order valence-electron chi connectivity index (χ3n) is 5.51. The number of rotatable bonds is 4. The zero-order valence-corrected chi connectivity index (χ0v) is 16.5. The number of pyridine rings is 1. The standard InChI is InChI=1S/C22H26N4O2/c1-3-11-24-14-18(21(27)25-12-9-16(2)10-13-25)20-19(15-24)22(28)26(23-20)17-7-5-4-6-8-17/h4-8,14-16H,3,9-13H2,1-2H3. The first kappa shape index (κ1) is 18.5. The van der Waals surface area contributed by atoms with Gasteiger partial charge in [0.15, 0.2) is 0 Å². The number of para-hydroxylation sites is 1. The summed E-state index contributed by atoms with van der Waals surface area (Å²) in [4.78, 5) is 28.2. The maximum absolute atomic E-state index is 13.3. The predicted molar refractivity (Wildman–Crippen MR) is 109 cm³/mol. The van der Waals surface area contributed by atoms with Crippen LogP contribution in [0.5, 0.6) is 0 Å². The Bertz CT molecular complexity index is 997. The average molecular weight is 378 g/mol. The molecule has 3 heterocycles. The van der Waals surface area contributed by atoms with Crippen molar-refractivity contribution in [3.05, 3.63) is 58.6 Å². The summed E-state index contributed by atoms with van der Waals surface area (Å²) in [6.07, 6.45) is 6.63. The van der Waals surface area contributed by atoms with Crippen LogP contribution in [-0.2, 0) is 6.54 Å². The van der Waals surface area contributed by atoms with Crippen LogP contribution in [0.1, 0.15) is 43.5 Å². The number of carbonyl (C=O) groups excluding carboxylic acids is 1. The molecule has 0 N–H and O–H groups in total. The molecular formula is C22H26N4O2. The summed E-state index contributed by atoms with van der Waals surface area (Å²) in [5.74, 6) is 0.621. The van der Waals surface area contributed by atoms with Gasteiger partial charge in [0.1, 0.15) is 5.69 Å². The molecule has 1 aromatic carbocycles. The van der Waals surface area contributed by atoms with E-state index in [1.54, 1.807) is 0 Å². The highest BCUT2D eigenvalue weighted by atomic mass is 16.2. The molecule has 28 heavy (non-hydrogen) atoms. The maximum Gasteiger partial charge on any atom is 0.282 e. The van der Waals surface area contributed by atoms with Crippen LogP contribution in [-0.4, -0.2) is 38.2 Å². The van der Waals surface area contributed by atoms with Gasteiger partial charge in [-0.05, 0) is 37.3 Å². The van der Waals surface area contributed by atoms with Crippen LogP contribution in [0.15, 0.2) is 47.5 Å². The topological polar surface area (TPSA) is 60.1 Å². The van der Waals surface area contributed by atoms with Gasteiger partial charge < -0.3 is 9.47 Å². The van der Waals surface area contributed by atoms with Gasteiger partial charge in [-0.1, -0.05) is 32.0 Å². The van der Waals surface area contributed by atoms with E-state index < -0.39 is 0 Å². The smallest absolute Gasteiger partial charge is 0.282 e. The molecule has 0 aromatic heterocycles. The summed E-state index contributed by atoms with van der Waals surface area (Å²) < 4.78 is 3.34. The lowest BCUT2D eigenvalue weighted by atomic mass is 9.98. The van der Waals surface area contributed by atoms with Crippen LogP contribution in [0, 0.1) is 5.92 Å². The van der Waals surface area contributed by atoms with E-state index in [9.17, 15) is 9.59 Å². The molecule has 1 amide bonds. The second-order valence-electron chi connectivity index (χ2n) is 7.70. The number of likely N-dealkylation sites (tertiary alicyclic amines) is 1. The van der Waals surface area contributed by atoms with E-state index in [2.05, 4.69) is 18.9 Å². The number of aryl methyl sites for hydroxylation is 1. The predicted octanol–water partition coefficient (Wildman–Crippen LogP) is 3.42. The van der Waals surface area contributed by atoms with Gasteiger partial charge in [0.05, 0.1) is 16.8 Å². The molecule has 0 saturated carbocycles. The van der Waals surface area contributed by atoms with Crippen molar-refractivity contribution < 1.29 is 4.79 Å². The Morgan fingerprint density at radius 3 is 2.54 bits per heavy atom. The summed E-state index contributed by atoms with van der Waals surface area (Å²) in [7, 11) is 0. The largest absolute Gasteiger partial charge is 0.353 e. The molecule has 3 aliphatic rings. The molecule has 0 spiro atoms. The van der Waals surface area contributed by atoms with E-state index in [4.69, 9.17) is 0 Å². The van der Waals surface area contributed by atoms with Gasteiger partial charge in [0.2, 0.25) is 0 Å². The summed E-state index contributed by atoms with van der Waals surface area (Å²) in [5.41, 5.74) is 2.02. The summed E-state index contributed by atoms with van der Waals surface area (Å²) >= 11 is 0. The third-order valence-corrected chi connectivity index (χ3v) is 5.51. The molecule has 0 radical (unpaired) electrons. The minimum absolute atomic E-state index is 0.0277.